The average Bonchev–Trinajstić information content (AvgIpc) is 2.60. The first-order valence-corrected chi connectivity index (χ1v) is 7.76. The molecule has 0 atom stereocenters. The van der Waals surface area contributed by atoms with Crippen LogP contribution in [-0.2, 0) is 17.8 Å². The normalized spacial score (nSPS) is 10.2. The number of methoxy groups -OCH3 is 1. The Kier molecular flexibility index (Phi) is 5.95. The van der Waals surface area contributed by atoms with Crippen LogP contribution in [0.5, 0.6) is 5.75 Å². The maximum absolute atomic E-state index is 12.5. The number of carbonyl (C=O) groups excluding carboxylic acids is 1. The highest BCUT2D eigenvalue weighted by Gasteiger charge is 2.14. The molecule has 0 aliphatic rings. The summed E-state index contributed by atoms with van der Waals surface area (Å²) in [5.74, 6) is -0.246. The van der Waals surface area contributed by atoms with Crippen LogP contribution in [0.15, 0.2) is 48.5 Å². The van der Waals surface area contributed by atoms with Gasteiger partial charge in [0.05, 0.1) is 19.1 Å². The maximum atomic E-state index is 12.5. The second kappa shape index (κ2) is 8.15. The van der Waals surface area contributed by atoms with Crippen LogP contribution in [0.1, 0.15) is 28.4 Å². The Morgan fingerprint density at radius 3 is 2.38 bits per heavy atom. The summed E-state index contributed by atoms with van der Waals surface area (Å²) in [5.41, 5.74) is 1.91. The standard InChI is InChI=1S/C19H21NO4/c1-3-20(13-14-7-9-17(24-2)10-8-14)18(21)12-15-5-4-6-16(11-15)19(22)23/h4-11H,3,12-13H2,1-2H3,(H,22,23). The lowest BCUT2D eigenvalue weighted by Gasteiger charge is -2.21. The zero-order valence-corrected chi connectivity index (χ0v) is 13.9. The molecule has 0 aromatic heterocycles. The first kappa shape index (κ1) is 17.5. The fourth-order valence-electron chi connectivity index (χ4n) is 2.43. The van der Waals surface area contributed by atoms with E-state index in [9.17, 15) is 9.59 Å². The summed E-state index contributed by atoms with van der Waals surface area (Å²) >= 11 is 0. The quantitative estimate of drug-likeness (QED) is 0.849. The van der Waals surface area contributed by atoms with E-state index < -0.39 is 5.97 Å². The fraction of sp³-hybridized carbons (Fsp3) is 0.263. The largest absolute Gasteiger partial charge is 0.497 e. The Morgan fingerprint density at radius 2 is 1.79 bits per heavy atom. The van der Waals surface area contributed by atoms with Gasteiger partial charge < -0.3 is 14.7 Å². The molecule has 0 radical (unpaired) electrons. The summed E-state index contributed by atoms with van der Waals surface area (Å²) in [4.78, 5) is 25.3. The number of carboxylic acids is 1. The molecule has 126 valence electrons. The Morgan fingerprint density at radius 1 is 1.08 bits per heavy atom. The molecule has 2 aromatic carbocycles. The third-order valence-electron chi connectivity index (χ3n) is 3.80. The molecule has 0 saturated carbocycles. The Balaban J connectivity index is 2.05. The Hall–Kier alpha value is -2.82. The molecule has 0 aliphatic carbocycles. The third kappa shape index (κ3) is 4.59. The van der Waals surface area contributed by atoms with E-state index in [1.807, 2.05) is 31.2 Å². The molecule has 0 saturated heterocycles. The highest BCUT2D eigenvalue weighted by molar-refractivity contribution is 5.88. The maximum Gasteiger partial charge on any atom is 0.335 e. The highest BCUT2D eigenvalue weighted by Crippen LogP contribution is 2.14. The molecule has 2 rings (SSSR count). The number of aromatic carboxylic acids is 1. The van der Waals surface area contributed by atoms with Gasteiger partial charge in [-0.25, -0.2) is 4.79 Å². The van der Waals surface area contributed by atoms with Crippen LogP contribution < -0.4 is 4.74 Å². The lowest BCUT2D eigenvalue weighted by Crippen LogP contribution is -2.31. The Bertz CT molecular complexity index is 710. The van der Waals surface area contributed by atoms with Gasteiger partial charge in [0.1, 0.15) is 5.75 Å². The lowest BCUT2D eigenvalue weighted by molar-refractivity contribution is -0.130. The van der Waals surface area contributed by atoms with Crippen molar-refractivity contribution < 1.29 is 19.4 Å². The number of carbonyl (C=O) groups is 2. The number of nitrogens with zero attached hydrogens (tertiary/aromatic N) is 1. The van der Waals surface area contributed by atoms with Crippen molar-refractivity contribution >= 4 is 11.9 Å². The van der Waals surface area contributed by atoms with Gasteiger partial charge in [0.15, 0.2) is 0 Å². The van der Waals surface area contributed by atoms with Gasteiger partial charge in [0, 0.05) is 13.1 Å². The van der Waals surface area contributed by atoms with E-state index in [-0.39, 0.29) is 17.9 Å². The van der Waals surface area contributed by atoms with Crippen molar-refractivity contribution in [2.75, 3.05) is 13.7 Å². The molecule has 0 unspecified atom stereocenters. The van der Waals surface area contributed by atoms with Crippen molar-refractivity contribution in [1.29, 1.82) is 0 Å². The molecule has 5 nitrogen and oxygen atoms in total. The first-order valence-electron chi connectivity index (χ1n) is 7.76. The summed E-state index contributed by atoms with van der Waals surface area (Å²) in [6, 6.07) is 14.1. The van der Waals surface area contributed by atoms with Crippen LogP contribution in [0.25, 0.3) is 0 Å². The molecule has 24 heavy (non-hydrogen) atoms. The van der Waals surface area contributed by atoms with E-state index in [1.165, 1.54) is 6.07 Å². The van der Waals surface area contributed by atoms with E-state index >= 15 is 0 Å². The minimum atomic E-state index is -0.991. The number of carboxylic acid groups (broad SMARTS) is 1. The smallest absolute Gasteiger partial charge is 0.335 e. The van der Waals surface area contributed by atoms with Crippen LogP contribution >= 0.6 is 0 Å². The molecule has 5 heteroatoms. The zero-order valence-electron chi connectivity index (χ0n) is 13.9. The second-order valence-corrected chi connectivity index (χ2v) is 5.44. The number of benzene rings is 2. The number of hydrogen-bond acceptors (Lipinski definition) is 3. The van der Waals surface area contributed by atoms with E-state index in [0.29, 0.717) is 18.7 Å². The SMILES string of the molecule is CCN(Cc1ccc(OC)cc1)C(=O)Cc1cccc(C(=O)O)c1. The van der Waals surface area contributed by atoms with Gasteiger partial charge >= 0.3 is 5.97 Å². The highest BCUT2D eigenvalue weighted by atomic mass is 16.5. The van der Waals surface area contributed by atoms with Gasteiger partial charge in [-0.05, 0) is 42.3 Å². The van der Waals surface area contributed by atoms with Crippen LogP contribution in [0.4, 0.5) is 0 Å². The van der Waals surface area contributed by atoms with Crippen molar-refractivity contribution in [3.05, 3.63) is 65.2 Å². The van der Waals surface area contributed by atoms with Crippen LogP contribution in [0.3, 0.4) is 0 Å². The summed E-state index contributed by atoms with van der Waals surface area (Å²) < 4.78 is 5.13. The van der Waals surface area contributed by atoms with E-state index in [4.69, 9.17) is 9.84 Å². The van der Waals surface area contributed by atoms with Crippen LogP contribution in [-0.4, -0.2) is 35.5 Å². The monoisotopic (exact) mass is 327 g/mol. The minimum Gasteiger partial charge on any atom is -0.497 e. The second-order valence-electron chi connectivity index (χ2n) is 5.44. The number of ether oxygens (including phenoxy) is 1. The topological polar surface area (TPSA) is 66.8 Å². The van der Waals surface area contributed by atoms with E-state index in [0.717, 1.165) is 11.3 Å². The van der Waals surface area contributed by atoms with E-state index in [2.05, 4.69) is 0 Å². The van der Waals surface area contributed by atoms with Crippen molar-refractivity contribution in [3.8, 4) is 5.75 Å². The summed E-state index contributed by atoms with van der Waals surface area (Å²) in [6.07, 6.45) is 0.186. The van der Waals surface area contributed by atoms with E-state index in [1.54, 1.807) is 30.2 Å². The van der Waals surface area contributed by atoms with Crippen LogP contribution in [0, 0.1) is 0 Å². The van der Waals surface area contributed by atoms with Crippen molar-refractivity contribution in [2.24, 2.45) is 0 Å². The average molecular weight is 327 g/mol. The van der Waals surface area contributed by atoms with Gasteiger partial charge in [0.2, 0.25) is 5.91 Å². The van der Waals surface area contributed by atoms with Gasteiger partial charge in [-0.3, -0.25) is 4.79 Å². The predicted molar refractivity (Wildman–Crippen MR) is 91.2 cm³/mol. The molecule has 0 fully saturated rings. The molecule has 1 amide bonds. The zero-order chi connectivity index (χ0) is 17.5. The molecule has 1 N–H and O–H groups in total. The van der Waals surface area contributed by atoms with Crippen molar-refractivity contribution in [3.63, 3.8) is 0 Å². The molecular weight excluding hydrogens is 306 g/mol. The van der Waals surface area contributed by atoms with Crippen molar-refractivity contribution in [2.45, 2.75) is 19.9 Å². The first-order chi connectivity index (χ1) is 11.5. The molecule has 2 aromatic rings. The molecule has 0 bridgehead atoms. The molecule has 0 aliphatic heterocycles. The van der Waals surface area contributed by atoms with Gasteiger partial charge in [-0.15, -0.1) is 0 Å². The number of likely N-dealkylation sites (N-methyl/N-ethyl adjacent to an activating group) is 1. The molecule has 0 heterocycles. The summed E-state index contributed by atoms with van der Waals surface area (Å²) in [5, 5.41) is 9.03. The van der Waals surface area contributed by atoms with Crippen LogP contribution in [0.2, 0.25) is 0 Å². The number of rotatable bonds is 7. The summed E-state index contributed by atoms with van der Waals surface area (Å²) in [6.45, 7) is 3.02. The van der Waals surface area contributed by atoms with Gasteiger partial charge in [-0.1, -0.05) is 24.3 Å². The predicted octanol–water partition coefficient (Wildman–Crippen LogP) is 2.98. The minimum absolute atomic E-state index is 0.0316. The van der Waals surface area contributed by atoms with Gasteiger partial charge in [-0.2, -0.15) is 0 Å². The fourth-order valence-corrected chi connectivity index (χ4v) is 2.43. The molecular formula is C19H21NO4. The third-order valence-corrected chi connectivity index (χ3v) is 3.80. The molecule has 0 spiro atoms. The van der Waals surface area contributed by atoms with Gasteiger partial charge in [0.25, 0.3) is 0 Å². The Labute approximate surface area is 141 Å². The number of hydrogen-bond donors (Lipinski definition) is 1. The lowest BCUT2D eigenvalue weighted by atomic mass is 10.1. The summed E-state index contributed by atoms with van der Waals surface area (Å²) in [7, 11) is 1.61. The number of amides is 1. The van der Waals surface area contributed by atoms with Crippen molar-refractivity contribution in [1.82, 2.24) is 4.90 Å².